The van der Waals surface area contributed by atoms with E-state index in [9.17, 15) is 0 Å². The summed E-state index contributed by atoms with van der Waals surface area (Å²) in [6, 6.07) is 11.2. The van der Waals surface area contributed by atoms with Crippen LogP contribution in [0.4, 0.5) is 0 Å². The van der Waals surface area contributed by atoms with Crippen molar-refractivity contribution in [2.45, 2.75) is 239 Å². The van der Waals surface area contributed by atoms with Gasteiger partial charge < -0.3 is 0 Å². The quantitative estimate of drug-likeness (QED) is 0.0732. The van der Waals surface area contributed by atoms with Crippen LogP contribution >= 0.6 is 0 Å². The zero-order chi connectivity index (χ0) is 32.2. The van der Waals surface area contributed by atoms with Crippen LogP contribution in [0.15, 0.2) is 30.3 Å². The van der Waals surface area contributed by atoms with Gasteiger partial charge in [-0.05, 0) is 46.1 Å². The third kappa shape index (κ3) is 21.8. The van der Waals surface area contributed by atoms with E-state index in [4.69, 9.17) is 0 Å². The van der Waals surface area contributed by atoms with E-state index >= 15 is 0 Å². The van der Waals surface area contributed by atoms with Crippen molar-refractivity contribution in [1.82, 2.24) is 4.90 Å². The van der Waals surface area contributed by atoms with Crippen molar-refractivity contribution in [2.24, 2.45) is 0 Å². The highest BCUT2D eigenvalue weighted by Gasteiger charge is 2.36. The van der Waals surface area contributed by atoms with Crippen LogP contribution in [-0.2, 0) is 6.54 Å². The molecular formula is C43H81N. The predicted octanol–water partition coefficient (Wildman–Crippen LogP) is 15.0. The maximum atomic E-state index is 2.87. The van der Waals surface area contributed by atoms with Crippen LogP contribution in [-0.4, -0.2) is 16.0 Å². The highest BCUT2D eigenvalue weighted by Crippen LogP contribution is 2.35. The number of rotatable bonds is 32. The molecule has 0 spiro atoms. The first-order valence-electron chi connectivity index (χ1n) is 20.1. The van der Waals surface area contributed by atoms with Crippen LogP contribution in [0.3, 0.4) is 0 Å². The van der Waals surface area contributed by atoms with Gasteiger partial charge in [-0.15, -0.1) is 0 Å². The number of benzene rings is 1. The van der Waals surface area contributed by atoms with Crippen molar-refractivity contribution in [3.05, 3.63) is 35.9 Å². The minimum absolute atomic E-state index is 0.216. The lowest BCUT2D eigenvalue weighted by atomic mass is 9.85. The fourth-order valence-electron chi connectivity index (χ4n) is 7.43. The zero-order valence-corrected chi connectivity index (χ0v) is 31.3. The summed E-state index contributed by atoms with van der Waals surface area (Å²) in [6.07, 6.45) is 39.9. The summed E-state index contributed by atoms with van der Waals surface area (Å²) >= 11 is 0. The van der Waals surface area contributed by atoms with Crippen LogP contribution < -0.4 is 0 Å². The summed E-state index contributed by atoms with van der Waals surface area (Å²) in [7, 11) is 0. The molecular weight excluding hydrogens is 530 g/mol. The minimum atomic E-state index is 0.216. The smallest absolute Gasteiger partial charge is 0.0244 e. The van der Waals surface area contributed by atoms with E-state index in [-0.39, 0.29) is 11.1 Å². The van der Waals surface area contributed by atoms with Crippen LogP contribution in [0.25, 0.3) is 0 Å². The largest absolute Gasteiger partial charge is 0.289 e. The zero-order valence-electron chi connectivity index (χ0n) is 31.3. The molecule has 1 aromatic carbocycles. The van der Waals surface area contributed by atoms with Gasteiger partial charge in [-0.2, -0.15) is 0 Å². The maximum Gasteiger partial charge on any atom is 0.0244 e. The van der Waals surface area contributed by atoms with Crippen molar-refractivity contribution in [3.8, 4) is 0 Å². The van der Waals surface area contributed by atoms with E-state index < -0.39 is 0 Å². The normalized spacial score (nSPS) is 12.4. The highest BCUT2D eigenvalue weighted by atomic mass is 15.2. The molecule has 0 fully saturated rings. The van der Waals surface area contributed by atoms with Crippen molar-refractivity contribution in [2.75, 3.05) is 0 Å². The molecule has 1 aromatic rings. The van der Waals surface area contributed by atoms with Gasteiger partial charge >= 0.3 is 0 Å². The van der Waals surface area contributed by atoms with E-state index in [2.05, 4.69) is 76.8 Å². The van der Waals surface area contributed by atoms with Gasteiger partial charge in [0.15, 0.2) is 0 Å². The molecule has 0 heterocycles. The van der Waals surface area contributed by atoms with E-state index in [0.29, 0.717) is 0 Å². The Hall–Kier alpha value is -0.820. The number of hydrogen-bond acceptors (Lipinski definition) is 1. The number of nitrogens with zero attached hydrogens (tertiary/aromatic N) is 1. The molecule has 1 nitrogen and oxygen atoms in total. The molecule has 0 aromatic heterocycles. The molecule has 258 valence electrons. The molecule has 0 atom stereocenters. The van der Waals surface area contributed by atoms with Crippen LogP contribution in [0, 0.1) is 0 Å². The van der Waals surface area contributed by atoms with Crippen LogP contribution in [0.1, 0.15) is 227 Å². The SMILES string of the molecule is CCCCCCCCCCCCCCCC(C)(C)N(Cc1ccccc1)C(C)(C)CCCCCCCCCCCCCCC. The topological polar surface area (TPSA) is 3.24 Å². The van der Waals surface area contributed by atoms with Crippen molar-refractivity contribution >= 4 is 0 Å². The molecule has 0 aliphatic carbocycles. The minimum Gasteiger partial charge on any atom is -0.289 e. The van der Waals surface area contributed by atoms with Crippen molar-refractivity contribution in [1.29, 1.82) is 0 Å². The molecule has 0 unspecified atom stereocenters. The molecule has 0 amide bonds. The molecule has 1 heteroatoms. The van der Waals surface area contributed by atoms with Gasteiger partial charge in [0.25, 0.3) is 0 Å². The fraction of sp³-hybridized carbons (Fsp3) is 0.860. The predicted molar refractivity (Wildman–Crippen MR) is 201 cm³/mol. The summed E-state index contributed by atoms with van der Waals surface area (Å²) in [6.45, 7) is 15.8. The third-order valence-corrected chi connectivity index (χ3v) is 10.4. The number of unbranched alkanes of at least 4 members (excludes halogenated alkanes) is 24. The second-order valence-electron chi connectivity index (χ2n) is 15.7. The van der Waals surface area contributed by atoms with Crippen LogP contribution in [0.5, 0.6) is 0 Å². The molecule has 0 aliphatic heterocycles. The number of hydrogen-bond donors (Lipinski definition) is 0. The monoisotopic (exact) mass is 612 g/mol. The fourth-order valence-corrected chi connectivity index (χ4v) is 7.43. The van der Waals surface area contributed by atoms with E-state index in [1.165, 1.54) is 185 Å². The van der Waals surface area contributed by atoms with Crippen molar-refractivity contribution < 1.29 is 0 Å². The second kappa shape index (κ2) is 27.3. The molecule has 0 aliphatic rings. The summed E-state index contributed by atoms with van der Waals surface area (Å²) in [5, 5.41) is 0. The summed E-state index contributed by atoms with van der Waals surface area (Å²) in [4.78, 5) is 2.87. The molecule has 0 radical (unpaired) electrons. The molecule has 0 bridgehead atoms. The Balaban J connectivity index is 2.35. The first-order valence-corrected chi connectivity index (χ1v) is 20.1. The van der Waals surface area contributed by atoms with Gasteiger partial charge in [0.2, 0.25) is 0 Å². The van der Waals surface area contributed by atoms with E-state index in [0.717, 1.165) is 6.54 Å². The van der Waals surface area contributed by atoms with Gasteiger partial charge in [-0.3, -0.25) is 4.90 Å². The first kappa shape index (κ1) is 41.2. The van der Waals surface area contributed by atoms with Crippen molar-refractivity contribution in [3.63, 3.8) is 0 Å². The van der Waals surface area contributed by atoms with E-state index in [1.807, 2.05) is 0 Å². The Morgan fingerprint density at radius 1 is 0.386 bits per heavy atom. The second-order valence-corrected chi connectivity index (χ2v) is 15.7. The lowest BCUT2D eigenvalue weighted by Crippen LogP contribution is -2.55. The highest BCUT2D eigenvalue weighted by molar-refractivity contribution is 5.15. The first-order chi connectivity index (χ1) is 21.3. The lowest BCUT2D eigenvalue weighted by molar-refractivity contribution is -0.00509. The summed E-state index contributed by atoms with van der Waals surface area (Å²) < 4.78 is 0. The summed E-state index contributed by atoms with van der Waals surface area (Å²) in [5.41, 5.74) is 1.89. The molecule has 44 heavy (non-hydrogen) atoms. The lowest BCUT2D eigenvalue weighted by Gasteiger charge is -2.49. The molecule has 0 saturated heterocycles. The van der Waals surface area contributed by atoms with E-state index in [1.54, 1.807) is 0 Å². The Labute approximate surface area is 279 Å². The summed E-state index contributed by atoms with van der Waals surface area (Å²) in [5.74, 6) is 0. The molecule has 1 rings (SSSR count). The van der Waals surface area contributed by atoms with Gasteiger partial charge in [0.1, 0.15) is 0 Å². The third-order valence-electron chi connectivity index (χ3n) is 10.4. The Kier molecular flexibility index (Phi) is 25.6. The maximum absolute atomic E-state index is 2.87. The van der Waals surface area contributed by atoms with Gasteiger partial charge in [-0.25, -0.2) is 0 Å². The van der Waals surface area contributed by atoms with Gasteiger partial charge in [0, 0.05) is 17.6 Å². The van der Waals surface area contributed by atoms with Gasteiger partial charge in [0.05, 0.1) is 0 Å². The van der Waals surface area contributed by atoms with Crippen LogP contribution in [0.2, 0.25) is 0 Å². The molecule has 0 saturated carbocycles. The molecule has 0 N–H and O–H groups in total. The average Bonchev–Trinajstić information content (AvgIpc) is 3.01. The Morgan fingerprint density at radius 2 is 0.659 bits per heavy atom. The average molecular weight is 612 g/mol. The Morgan fingerprint density at radius 3 is 0.955 bits per heavy atom. The standard InChI is InChI=1S/C43H81N/c1-7-9-11-13-15-17-19-21-23-25-27-29-34-38-42(3,4)44(40-41-36-32-31-33-37-41)43(5,6)39-35-30-28-26-24-22-20-18-16-14-12-10-8-2/h31-33,36-37H,7-30,34-35,38-40H2,1-6H3. The van der Waals surface area contributed by atoms with Gasteiger partial charge in [-0.1, -0.05) is 211 Å². The Bertz CT molecular complexity index is 678.